The SMILES string of the molecule is Cc1ncc(C(=O)Nc2cc(C)c(Br)cn2)s1. The molecule has 0 aromatic carbocycles. The Labute approximate surface area is 111 Å². The average molecular weight is 312 g/mol. The standard InChI is InChI=1S/C11H10BrN3OS/c1-6-3-10(14-4-8(6)12)15-11(16)9-5-13-7(2)17-9/h3-5H,1-2H3,(H,14,15,16). The van der Waals surface area contributed by atoms with E-state index in [9.17, 15) is 4.79 Å². The van der Waals surface area contributed by atoms with Crippen molar-refractivity contribution in [2.45, 2.75) is 13.8 Å². The highest BCUT2D eigenvalue weighted by molar-refractivity contribution is 9.10. The van der Waals surface area contributed by atoms with E-state index in [1.54, 1.807) is 12.4 Å². The first kappa shape index (κ1) is 12.2. The third-order valence-electron chi connectivity index (χ3n) is 2.13. The number of anilines is 1. The number of aryl methyl sites for hydroxylation is 2. The van der Waals surface area contributed by atoms with Gasteiger partial charge in [0, 0.05) is 10.7 Å². The summed E-state index contributed by atoms with van der Waals surface area (Å²) in [4.78, 5) is 20.6. The van der Waals surface area contributed by atoms with Gasteiger partial charge in [-0.15, -0.1) is 11.3 Å². The van der Waals surface area contributed by atoms with Gasteiger partial charge in [-0.2, -0.15) is 0 Å². The number of carbonyl (C=O) groups excluding carboxylic acids is 1. The maximum atomic E-state index is 11.8. The highest BCUT2D eigenvalue weighted by atomic mass is 79.9. The summed E-state index contributed by atoms with van der Waals surface area (Å²) in [5.74, 6) is 0.367. The number of aromatic nitrogens is 2. The van der Waals surface area contributed by atoms with Crippen LogP contribution in [-0.2, 0) is 0 Å². The number of pyridine rings is 1. The maximum Gasteiger partial charge on any atom is 0.268 e. The molecule has 0 bridgehead atoms. The van der Waals surface area contributed by atoms with Crippen LogP contribution < -0.4 is 5.32 Å². The van der Waals surface area contributed by atoms with Crippen LogP contribution >= 0.6 is 27.3 Å². The molecule has 2 aromatic rings. The number of amides is 1. The van der Waals surface area contributed by atoms with Crippen LogP contribution in [0, 0.1) is 13.8 Å². The molecule has 1 N–H and O–H groups in total. The molecule has 2 aromatic heterocycles. The van der Waals surface area contributed by atoms with Crippen LogP contribution in [-0.4, -0.2) is 15.9 Å². The van der Waals surface area contributed by atoms with Crippen LogP contribution in [0.25, 0.3) is 0 Å². The van der Waals surface area contributed by atoms with Gasteiger partial charge >= 0.3 is 0 Å². The van der Waals surface area contributed by atoms with E-state index >= 15 is 0 Å². The van der Waals surface area contributed by atoms with Crippen LogP contribution in [0.4, 0.5) is 5.82 Å². The Morgan fingerprint density at radius 1 is 1.35 bits per heavy atom. The van der Waals surface area contributed by atoms with Crippen molar-refractivity contribution >= 4 is 39.0 Å². The van der Waals surface area contributed by atoms with Crippen molar-refractivity contribution in [1.82, 2.24) is 9.97 Å². The Hall–Kier alpha value is -1.27. The number of rotatable bonds is 2. The quantitative estimate of drug-likeness (QED) is 0.926. The Kier molecular flexibility index (Phi) is 3.54. The van der Waals surface area contributed by atoms with Crippen molar-refractivity contribution in [3.05, 3.63) is 38.4 Å². The molecule has 0 fully saturated rings. The van der Waals surface area contributed by atoms with Gasteiger partial charge in [-0.1, -0.05) is 0 Å². The molecule has 4 nitrogen and oxygen atoms in total. The zero-order valence-electron chi connectivity index (χ0n) is 9.32. The predicted molar refractivity (Wildman–Crippen MR) is 71.5 cm³/mol. The van der Waals surface area contributed by atoms with E-state index in [1.807, 2.05) is 19.9 Å². The monoisotopic (exact) mass is 311 g/mol. The molecular weight excluding hydrogens is 302 g/mol. The van der Waals surface area contributed by atoms with E-state index in [1.165, 1.54) is 11.3 Å². The molecule has 2 rings (SSSR count). The number of halogens is 1. The van der Waals surface area contributed by atoms with Crippen molar-refractivity contribution in [3.8, 4) is 0 Å². The summed E-state index contributed by atoms with van der Waals surface area (Å²) in [5, 5.41) is 3.61. The number of carbonyl (C=O) groups is 1. The van der Waals surface area contributed by atoms with Crippen molar-refractivity contribution in [1.29, 1.82) is 0 Å². The summed E-state index contributed by atoms with van der Waals surface area (Å²) in [6.07, 6.45) is 3.24. The number of thiazole rings is 1. The molecule has 0 spiro atoms. The van der Waals surface area contributed by atoms with Gasteiger partial charge < -0.3 is 5.32 Å². The molecule has 0 radical (unpaired) electrons. The Balaban J connectivity index is 2.15. The lowest BCUT2D eigenvalue weighted by molar-refractivity contribution is 0.103. The second-order valence-electron chi connectivity index (χ2n) is 3.52. The summed E-state index contributed by atoms with van der Waals surface area (Å²) in [6, 6.07) is 1.82. The summed E-state index contributed by atoms with van der Waals surface area (Å²) in [6.45, 7) is 3.81. The molecule has 1 amide bonds. The van der Waals surface area contributed by atoms with E-state index in [4.69, 9.17) is 0 Å². The minimum absolute atomic E-state index is 0.176. The van der Waals surface area contributed by atoms with Gasteiger partial charge in [0.25, 0.3) is 5.91 Å². The Morgan fingerprint density at radius 2 is 2.12 bits per heavy atom. The molecule has 0 aliphatic heterocycles. The summed E-state index contributed by atoms with van der Waals surface area (Å²) >= 11 is 4.72. The third-order valence-corrected chi connectivity index (χ3v) is 3.88. The first-order chi connectivity index (χ1) is 8.06. The van der Waals surface area contributed by atoms with Crippen LogP contribution in [0.15, 0.2) is 22.9 Å². The maximum absolute atomic E-state index is 11.8. The molecule has 0 aliphatic carbocycles. The topological polar surface area (TPSA) is 54.9 Å². The summed E-state index contributed by atoms with van der Waals surface area (Å²) in [5.41, 5.74) is 1.02. The smallest absolute Gasteiger partial charge is 0.268 e. The summed E-state index contributed by atoms with van der Waals surface area (Å²) in [7, 11) is 0. The van der Waals surface area contributed by atoms with Crippen LogP contribution in [0.1, 0.15) is 20.2 Å². The van der Waals surface area contributed by atoms with Gasteiger partial charge in [0.05, 0.1) is 11.2 Å². The molecular formula is C11H10BrN3OS. The van der Waals surface area contributed by atoms with E-state index in [-0.39, 0.29) is 5.91 Å². The lowest BCUT2D eigenvalue weighted by Gasteiger charge is -2.04. The van der Waals surface area contributed by atoms with Crippen molar-refractivity contribution in [2.75, 3.05) is 5.32 Å². The van der Waals surface area contributed by atoms with Gasteiger partial charge in [-0.05, 0) is 41.4 Å². The van der Waals surface area contributed by atoms with E-state index < -0.39 is 0 Å². The number of hydrogen-bond donors (Lipinski definition) is 1. The van der Waals surface area contributed by atoms with Crippen molar-refractivity contribution < 1.29 is 4.79 Å². The molecule has 0 saturated carbocycles. The van der Waals surface area contributed by atoms with Crippen molar-refractivity contribution in [2.24, 2.45) is 0 Å². The second-order valence-corrected chi connectivity index (χ2v) is 5.61. The van der Waals surface area contributed by atoms with Crippen molar-refractivity contribution in [3.63, 3.8) is 0 Å². The van der Waals surface area contributed by atoms with Gasteiger partial charge in [-0.3, -0.25) is 4.79 Å². The van der Waals surface area contributed by atoms with Crippen LogP contribution in [0.5, 0.6) is 0 Å². The van der Waals surface area contributed by atoms with Crippen LogP contribution in [0.2, 0.25) is 0 Å². The van der Waals surface area contributed by atoms with Gasteiger partial charge in [0.2, 0.25) is 0 Å². The largest absolute Gasteiger partial charge is 0.306 e. The lowest BCUT2D eigenvalue weighted by Crippen LogP contribution is -2.11. The number of nitrogens with one attached hydrogen (secondary N) is 1. The second kappa shape index (κ2) is 4.93. The Morgan fingerprint density at radius 3 is 2.71 bits per heavy atom. The molecule has 0 saturated heterocycles. The van der Waals surface area contributed by atoms with Gasteiger partial charge in [-0.25, -0.2) is 9.97 Å². The highest BCUT2D eigenvalue weighted by Crippen LogP contribution is 2.18. The molecule has 6 heteroatoms. The molecule has 0 aliphatic rings. The zero-order chi connectivity index (χ0) is 12.4. The lowest BCUT2D eigenvalue weighted by atomic mass is 10.3. The van der Waals surface area contributed by atoms with E-state index in [0.717, 1.165) is 15.0 Å². The molecule has 2 heterocycles. The predicted octanol–water partition coefficient (Wildman–Crippen LogP) is 3.17. The Bertz CT molecular complexity index is 568. The fourth-order valence-electron chi connectivity index (χ4n) is 1.25. The molecule has 17 heavy (non-hydrogen) atoms. The molecule has 88 valence electrons. The van der Waals surface area contributed by atoms with Crippen LogP contribution in [0.3, 0.4) is 0 Å². The molecule has 0 unspecified atom stereocenters. The fourth-order valence-corrected chi connectivity index (χ4v) is 2.14. The number of hydrogen-bond acceptors (Lipinski definition) is 4. The van der Waals surface area contributed by atoms with Gasteiger partial charge in [0.1, 0.15) is 10.7 Å². The zero-order valence-corrected chi connectivity index (χ0v) is 11.7. The highest BCUT2D eigenvalue weighted by Gasteiger charge is 2.10. The summed E-state index contributed by atoms with van der Waals surface area (Å²) < 4.78 is 0.920. The fraction of sp³-hybridized carbons (Fsp3) is 0.182. The average Bonchev–Trinajstić information content (AvgIpc) is 2.70. The first-order valence-corrected chi connectivity index (χ1v) is 6.53. The minimum Gasteiger partial charge on any atom is -0.306 e. The number of nitrogens with zero attached hydrogens (tertiary/aromatic N) is 2. The van der Waals surface area contributed by atoms with Gasteiger partial charge in [0.15, 0.2) is 0 Å². The normalized spacial score (nSPS) is 10.3. The minimum atomic E-state index is -0.176. The van der Waals surface area contributed by atoms with E-state index in [2.05, 4.69) is 31.2 Å². The van der Waals surface area contributed by atoms with E-state index in [0.29, 0.717) is 10.7 Å². The molecule has 0 atom stereocenters. The first-order valence-electron chi connectivity index (χ1n) is 4.92. The third kappa shape index (κ3) is 2.89.